The number of benzene rings is 2. The highest BCUT2D eigenvalue weighted by Gasteiger charge is 2.25. The van der Waals surface area contributed by atoms with Gasteiger partial charge in [-0.1, -0.05) is 83.9 Å². The Bertz CT molecular complexity index is 662. The molecule has 0 bridgehead atoms. The van der Waals surface area contributed by atoms with Crippen molar-refractivity contribution in [1.29, 1.82) is 0 Å². The van der Waals surface area contributed by atoms with E-state index in [9.17, 15) is 9.59 Å². The Morgan fingerprint density at radius 3 is 2.00 bits per heavy atom. The highest BCUT2D eigenvalue weighted by atomic mass is 35.5. The third-order valence-corrected chi connectivity index (χ3v) is 3.70. The normalized spacial score (nSPS) is 11.8. The van der Waals surface area contributed by atoms with E-state index in [-0.39, 0.29) is 6.61 Å². The van der Waals surface area contributed by atoms with Gasteiger partial charge in [0.1, 0.15) is 12.6 Å². The Hall–Kier alpha value is -2.04. The van der Waals surface area contributed by atoms with Crippen molar-refractivity contribution in [3.63, 3.8) is 0 Å². The number of carbonyl (C=O) groups is 2. The van der Waals surface area contributed by atoms with Gasteiger partial charge >= 0.3 is 5.97 Å². The van der Waals surface area contributed by atoms with Gasteiger partial charge in [0.05, 0.1) is 0 Å². The van der Waals surface area contributed by atoms with Crippen LogP contribution in [0.4, 0.5) is 0 Å². The zero-order valence-electron chi connectivity index (χ0n) is 12.8. The maximum absolute atomic E-state index is 12.4. The average molecular weight is 366 g/mol. The SMILES string of the molecule is O=C(N[C@@H](Cc1ccccc1)C(=O)OCc1ccccc1)C(Cl)Cl. The van der Waals surface area contributed by atoms with Crippen LogP contribution in [0, 0.1) is 0 Å². The average Bonchev–Trinajstić information content (AvgIpc) is 2.60. The maximum atomic E-state index is 12.4. The molecule has 1 atom stereocenters. The summed E-state index contributed by atoms with van der Waals surface area (Å²) in [6.07, 6.45) is 0.292. The Morgan fingerprint density at radius 2 is 1.46 bits per heavy atom. The molecule has 0 unspecified atom stereocenters. The molecule has 126 valence electrons. The van der Waals surface area contributed by atoms with Crippen molar-refractivity contribution < 1.29 is 14.3 Å². The molecule has 0 radical (unpaired) electrons. The molecule has 0 saturated heterocycles. The fourth-order valence-corrected chi connectivity index (χ4v) is 2.23. The summed E-state index contributed by atoms with van der Waals surface area (Å²) in [4.78, 5) is 22.9. The number of alkyl halides is 2. The van der Waals surface area contributed by atoms with Crippen LogP contribution in [0.5, 0.6) is 0 Å². The minimum atomic E-state index is -1.25. The van der Waals surface area contributed by atoms with E-state index in [1.807, 2.05) is 60.7 Å². The van der Waals surface area contributed by atoms with Crippen LogP contribution >= 0.6 is 23.2 Å². The van der Waals surface area contributed by atoms with Gasteiger partial charge in [-0.25, -0.2) is 4.79 Å². The van der Waals surface area contributed by atoms with Gasteiger partial charge in [0.15, 0.2) is 4.84 Å². The van der Waals surface area contributed by atoms with E-state index in [1.165, 1.54) is 0 Å². The summed E-state index contributed by atoms with van der Waals surface area (Å²) in [5.41, 5.74) is 1.75. The minimum Gasteiger partial charge on any atom is -0.459 e. The first-order valence-corrected chi connectivity index (χ1v) is 8.26. The van der Waals surface area contributed by atoms with E-state index < -0.39 is 22.8 Å². The van der Waals surface area contributed by atoms with Gasteiger partial charge in [-0.3, -0.25) is 4.79 Å². The predicted octanol–water partition coefficient (Wildman–Crippen LogP) is 3.26. The molecule has 0 spiro atoms. The molecule has 6 heteroatoms. The lowest BCUT2D eigenvalue weighted by Crippen LogP contribution is -2.45. The third kappa shape index (κ3) is 5.87. The van der Waals surface area contributed by atoms with E-state index in [0.29, 0.717) is 6.42 Å². The molecule has 24 heavy (non-hydrogen) atoms. The topological polar surface area (TPSA) is 55.4 Å². The predicted molar refractivity (Wildman–Crippen MR) is 93.8 cm³/mol. The Balaban J connectivity index is 2.03. The first-order chi connectivity index (χ1) is 11.6. The molecule has 2 aromatic carbocycles. The maximum Gasteiger partial charge on any atom is 0.329 e. The van der Waals surface area contributed by atoms with Crippen LogP contribution in [0.1, 0.15) is 11.1 Å². The van der Waals surface area contributed by atoms with Crippen LogP contribution < -0.4 is 5.32 Å². The Labute approximate surface area is 150 Å². The Morgan fingerprint density at radius 1 is 0.917 bits per heavy atom. The molecule has 0 fully saturated rings. The van der Waals surface area contributed by atoms with Crippen LogP contribution in [0.25, 0.3) is 0 Å². The highest BCUT2D eigenvalue weighted by Crippen LogP contribution is 2.09. The van der Waals surface area contributed by atoms with E-state index in [2.05, 4.69) is 5.32 Å². The fourth-order valence-electron chi connectivity index (χ4n) is 2.11. The standard InChI is InChI=1S/C18H17Cl2NO3/c19-16(20)17(22)21-15(11-13-7-3-1-4-8-13)18(23)24-12-14-9-5-2-6-10-14/h1-10,15-16H,11-12H2,(H,21,22)/t15-/m0/s1. The lowest BCUT2D eigenvalue weighted by atomic mass is 10.1. The lowest BCUT2D eigenvalue weighted by molar-refractivity contribution is -0.149. The van der Waals surface area contributed by atoms with Crippen molar-refractivity contribution in [2.45, 2.75) is 23.9 Å². The number of rotatable bonds is 7. The quantitative estimate of drug-likeness (QED) is 0.605. The molecule has 2 aromatic rings. The smallest absolute Gasteiger partial charge is 0.329 e. The van der Waals surface area contributed by atoms with Crippen LogP contribution in [0.15, 0.2) is 60.7 Å². The highest BCUT2D eigenvalue weighted by molar-refractivity contribution is 6.53. The molecule has 2 rings (SSSR count). The Kier molecular flexibility index (Phi) is 7.09. The number of esters is 1. The van der Waals surface area contributed by atoms with Crippen molar-refractivity contribution in [2.24, 2.45) is 0 Å². The van der Waals surface area contributed by atoms with Crippen molar-refractivity contribution in [3.8, 4) is 0 Å². The van der Waals surface area contributed by atoms with Crippen molar-refractivity contribution >= 4 is 35.1 Å². The minimum absolute atomic E-state index is 0.131. The molecule has 0 aliphatic heterocycles. The van der Waals surface area contributed by atoms with Gasteiger partial charge in [0, 0.05) is 6.42 Å². The number of ether oxygens (including phenoxy) is 1. The second-order valence-electron chi connectivity index (χ2n) is 5.14. The molecule has 1 amide bonds. The monoisotopic (exact) mass is 365 g/mol. The van der Waals surface area contributed by atoms with Gasteiger partial charge in [-0.05, 0) is 11.1 Å². The van der Waals surface area contributed by atoms with E-state index in [4.69, 9.17) is 27.9 Å². The summed E-state index contributed by atoms with van der Waals surface area (Å²) in [5, 5.41) is 2.52. The third-order valence-electron chi connectivity index (χ3n) is 3.31. The lowest BCUT2D eigenvalue weighted by Gasteiger charge is -2.18. The molecule has 0 heterocycles. The number of carbonyl (C=O) groups excluding carboxylic acids is 2. The second-order valence-corrected chi connectivity index (χ2v) is 6.24. The summed E-state index contributed by atoms with van der Waals surface area (Å²) < 4.78 is 5.30. The molecule has 0 aliphatic rings. The number of hydrogen-bond acceptors (Lipinski definition) is 3. The first kappa shape index (κ1) is 18.3. The largest absolute Gasteiger partial charge is 0.459 e. The van der Waals surface area contributed by atoms with Gasteiger partial charge in [0.25, 0.3) is 5.91 Å². The van der Waals surface area contributed by atoms with Crippen LogP contribution in [0.2, 0.25) is 0 Å². The van der Waals surface area contributed by atoms with Crippen molar-refractivity contribution in [3.05, 3.63) is 71.8 Å². The molecular weight excluding hydrogens is 349 g/mol. The van der Waals surface area contributed by atoms with Crippen LogP contribution in [-0.2, 0) is 27.4 Å². The van der Waals surface area contributed by atoms with Gasteiger partial charge in [-0.15, -0.1) is 0 Å². The van der Waals surface area contributed by atoms with Gasteiger partial charge in [-0.2, -0.15) is 0 Å². The van der Waals surface area contributed by atoms with Gasteiger partial charge < -0.3 is 10.1 Å². The van der Waals surface area contributed by atoms with Gasteiger partial charge in [0.2, 0.25) is 0 Å². The molecular formula is C18H17Cl2NO3. The van der Waals surface area contributed by atoms with E-state index in [0.717, 1.165) is 11.1 Å². The second kappa shape index (κ2) is 9.30. The summed E-state index contributed by atoms with van der Waals surface area (Å²) in [7, 11) is 0. The van der Waals surface area contributed by atoms with Crippen LogP contribution in [0.3, 0.4) is 0 Å². The van der Waals surface area contributed by atoms with Crippen LogP contribution in [-0.4, -0.2) is 22.8 Å². The summed E-state index contributed by atoms with van der Waals surface area (Å²) in [6.45, 7) is 0.131. The van der Waals surface area contributed by atoms with Crippen molar-refractivity contribution in [2.75, 3.05) is 0 Å². The van der Waals surface area contributed by atoms with Crippen molar-refractivity contribution in [1.82, 2.24) is 5.32 Å². The summed E-state index contributed by atoms with van der Waals surface area (Å²) in [5.74, 6) is -1.17. The number of amides is 1. The first-order valence-electron chi connectivity index (χ1n) is 7.39. The molecule has 4 nitrogen and oxygen atoms in total. The molecule has 0 aromatic heterocycles. The molecule has 1 N–H and O–H groups in total. The summed E-state index contributed by atoms with van der Waals surface area (Å²) >= 11 is 11.1. The van der Waals surface area contributed by atoms with E-state index >= 15 is 0 Å². The zero-order valence-corrected chi connectivity index (χ0v) is 14.3. The number of nitrogens with one attached hydrogen (secondary N) is 1. The number of halogens is 2. The molecule has 0 aliphatic carbocycles. The fraction of sp³-hybridized carbons (Fsp3) is 0.222. The number of hydrogen-bond donors (Lipinski definition) is 1. The van der Waals surface area contributed by atoms with E-state index in [1.54, 1.807) is 0 Å². The molecule has 0 saturated carbocycles. The zero-order chi connectivity index (χ0) is 17.4. The summed E-state index contributed by atoms with van der Waals surface area (Å²) in [6, 6.07) is 17.8.